The van der Waals surface area contributed by atoms with Crippen molar-refractivity contribution in [1.82, 2.24) is 14.5 Å². The van der Waals surface area contributed by atoms with E-state index in [4.69, 9.17) is 5.73 Å². The SMILES string of the molecule is Cn1ccccc1=O.NCCNc1ncc(-c2ccc3cnccc3c2)s1. The standard InChI is InChI=1S/C14H14N4S.C6H7NO/c15-4-6-17-14-18-9-13(19-14)11-1-2-12-8-16-5-3-10(12)7-11;1-7-5-3-2-4-6(7)8/h1-3,5,7-9H,4,6,15H2,(H,17,18);2-5H,1H3. The third-order valence-corrected chi connectivity index (χ3v) is 4.86. The summed E-state index contributed by atoms with van der Waals surface area (Å²) in [5.41, 5.74) is 6.68. The molecule has 3 aromatic heterocycles. The number of nitrogens with one attached hydrogen (secondary N) is 1. The van der Waals surface area contributed by atoms with E-state index < -0.39 is 0 Å². The van der Waals surface area contributed by atoms with E-state index >= 15 is 0 Å². The van der Waals surface area contributed by atoms with Crippen molar-refractivity contribution in [3.63, 3.8) is 0 Å². The van der Waals surface area contributed by atoms with Crippen molar-refractivity contribution < 1.29 is 0 Å². The summed E-state index contributed by atoms with van der Waals surface area (Å²) in [6.45, 7) is 1.36. The average molecular weight is 379 g/mol. The monoisotopic (exact) mass is 379 g/mol. The van der Waals surface area contributed by atoms with Crippen molar-refractivity contribution >= 4 is 27.2 Å². The second-order valence-electron chi connectivity index (χ2n) is 5.83. The quantitative estimate of drug-likeness (QED) is 0.569. The second-order valence-corrected chi connectivity index (χ2v) is 6.86. The molecule has 4 aromatic rings. The van der Waals surface area contributed by atoms with Gasteiger partial charge in [-0.25, -0.2) is 4.98 Å². The fourth-order valence-electron chi connectivity index (χ4n) is 2.41. The summed E-state index contributed by atoms with van der Waals surface area (Å²) in [5, 5.41) is 6.45. The van der Waals surface area contributed by atoms with Gasteiger partial charge in [0.2, 0.25) is 5.56 Å². The molecule has 0 fully saturated rings. The largest absolute Gasteiger partial charge is 0.360 e. The Labute approximate surface area is 161 Å². The summed E-state index contributed by atoms with van der Waals surface area (Å²) in [7, 11) is 1.72. The van der Waals surface area contributed by atoms with Gasteiger partial charge in [0, 0.05) is 56.4 Å². The maximum absolute atomic E-state index is 10.6. The number of benzene rings is 1. The molecule has 0 saturated heterocycles. The molecule has 3 N–H and O–H groups in total. The number of pyridine rings is 2. The molecule has 0 aliphatic carbocycles. The molecule has 27 heavy (non-hydrogen) atoms. The molecule has 0 saturated carbocycles. The van der Waals surface area contributed by atoms with Crippen LogP contribution in [0.15, 0.2) is 72.0 Å². The molecular weight excluding hydrogens is 358 g/mol. The van der Waals surface area contributed by atoms with Gasteiger partial charge in [-0.15, -0.1) is 0 Å². The van der Waals surface area contributed by atoms with Crippen molar-refractivity contribution in [2.24, 2.45) is 12.8 Å². The molecule has 0 aliphatic rings. The molecule has 1 aromatic carbocycles. The van der Waals surface area contributed by atoms with E-state index in [1.165, 1.54) is 21.6 Å². The average Bonchev–Trinajstić information content (AvgIpc) is 3.18. The highest BCUT2D eigenvalue weighted by Gasteiger charge is 2.05. The Morgan fingerprint density at radius 2 is 2.04 bits per heavy atom. The lowest BCUT2D eigenvalue weighted by molar-refractivity contribution is 0.860. The number of thiazole rings is 1. The topological polar surface area (TPSA) is 85.8 Å². The highest BCUT2D eigenvalue weighted by molar-refractivity contribution is 7.18. The van der Waals surface area contributed by atoms with E-state index in [1.807, 2.05) is 30.7 Å². The van der Waals surface area contributed by atoms with Crippen LogP contribution in [0.3, 0.4) is 0 Å². The molecule has 0 bridgehead atoms. The van der Waals surface area contributed by atoms with Gasteiger partial charge in [-0.05, 0) is 29.1 Å². The van der Waals surface area contributed by atoms with Crippen LogP contribution in [0.25, 0.3) is 21.2 Å². The molecule has 0 aliphatic heterocycles. The first-order valence-electron chi connectivity index (χ1n) is 8.53. The molecule has 4 rings (SSSR count). The molecule has 7 heteroatoms. The number of nitrogens with zero attached hydrogens (tertiary/aromatic N) is 3. The summed E-state index contributed by atoms with van der Waals surface area (Å²) in [6.07, 6.45) is 7.31. The first-order chi connectivity index (χ1) is 13.2. The summed E-state index contributed by atoms with van der Waals surface area (Å²) >= 11 is 1.64. The minimum absolute atomic E-state index is 0.0347. The zero-order valence-corrected chi connectivity index (χ0v) is 15.8. The van der Waals surface area contributed by atoms with Crippen LogP contribution < -0.4 is 16.6 Å². The van der Waals surface area contributed by atoms with Crippen LogP contribution in [0.1, 0.15) is 0 Å². The van der Waals surface area contributed by atoms with Crippen molar-refractivity contribution in [2.45, 2.75) is 0 Å². The second kappa shape index (κ2) is 9.07. The fourth-order valence-corrected chi connectivity index (χ4v) is 3.25. The van der Waals surface area contributed by atoms with E-state index in [9.17, 15) is 4.79 Å². The maximum atomic E-state index is 10.6. The van der Waals surface area contributed by atoms with Crippen LogP contribution in [-0.2, 0) is 7.05 Å². The van der Waals surface area contributed by atoms with Crippen LogP contribution in [0, 0.1) is 0 Å². The van der Waals surface area contributed by atoms with Crippen LogP contribution in [0.2, 0.25) is 0 Å². The molecule has 0 radical (unpaired) electrons. The smallest absolute Gasteiger partial charge is 0.250 e. The zero-order valence-electron chi connectivity index (χ0n) is 15.0. The predicted molar refractivity (Wildman–Crippen MR) is 112 cm³/mol. The van der Waals surface area contributed by atoms with Gasteiger partial charge in [-0.2, -0.15) is 0 Å². The lowest BCUT2D eigenvalue weighted by Gasteiger charge is -2.00. The van der Waals surface area contributed by atoms with Gasteiger partial charge >= 0.3 is 0 Å². The van der Waals surface area contributed by atoms with E-state index in [1.54, 1.807) is 30.6 Å². The highest BCUT2D eigenvalue weighted by Crippen LogP contribution is 2.30. The zero-order chi connectivity index (χ0) is 19.1. The Bertz CT molecular complexity index is 1070. The Morgan fingerprint density at radius 3 is 2.78 bits per heavy atom. The fraction of sp³-hybridized carbons (Fsp3) is 0.150. The number of fused-ring (bicyclic) bond motifs is 1. The minimum Gasteiger partial charge on any atom is -0.360 e. The van der Waals surface area contributed by atoms with E-state index in [-0.39, 0.29) is 5.56 Å². The molecule has 138 valence electrons. The van der Waals surface area contributed by atoms with E-state index in [2.05, 4.69) is 33.5 Å². The van der Waals surface area contributed by atoms with Crippen LogP contribution in [-0.4, -0.2) is 27.6 Å². The summed E-state index contributed by atoms with van der Waals surface area (Å²) in [4.78, 5) is 20.2. The molecule has 6 nitrogen and oxygen atoms in total. The van der Waals surface area contributed by atoms with Crippen molar-refractivity contribution in [2.75, 3.05) is 18.4 Å². The lowest BCUT2D eigenvalue weighted by atomic mass is 10.1. The number of aryl methyl sites for hydroxylation is 1. The molecule has 3 heterocycles. The summed E-state index contributed by atoms with van der Waals surface area (Å²) < 4.78 is 1.53. The normalized spacial score (nSPS) is 10.3. The van der Waals surface area contributed by atoms with Gasteiger partial charge in [-0.1, -0.05) is 29.5 Å². The van der Waals surface area contributed by atoms with Gasteiger partial charge < -0.3 is 15.6 Å². The Morgan fingerprint density at radius 1 is 1.15 bits per heavy atom. The number of rotatable bonds is 4. The number of anilines is 1. The number of hydrogen-bond acceptors (Lipinski definition) is 6. The first-order valence-corrected chi connectivity index (χ1v) is 9.34. The van der Waals surface area contributed by atoms with Gasteiger partial charge in [0.1, 0.15) is 0 Å². The van der Waals surface area contributed by atoms with Gasteiger partial charge in [0.05, 0.1) is 4.88 Å². The minimum atomic E-state index is 0.0347. The van der Waals surface area contributed by atoms with Gasteiger partial charge in [0.25, 0.3) is 0 Å². The third kappa shape index (κ3) is 4.99. The number of nitrogens with two attached hydrogens (primary N) is 1. The van der Waals surface area contributed by atoms with E-state index in [0.29, 0.717) is 6.54 Å². The highest BCUT2D eigenvalue weighted by atomic mass is 32.1. The predicted octanol–water partition coefficient (Wildman–Crippen LogP) is 3.11. The van der Waals surface area contributed by atoms with E-state index in [0.717, 1.165) is 21.9 Å². The van der Waals surface area contributed by atoms with Crippen LogP contribution in [0.5, 0.6) is 0 Å². The summed E-state index contributed by atoms with van der Waals surface area (Å²) in [6, 6.07) is 13.4. The number of aromatic nitrogens is 3. The molecule has 0 unspecified atom stereocenters. The maximum Gasteiger partial charge on any atom is 0.250 e. The van der Waals surface area contributed by atoms with Crippen molar-refractivity contribution in [1.29, 1.82) is 0 Å². The Balaban J connectivity index is 0.000000221. The lowest BCUT2D eigenvalue weighted by Crippen LogP contribution is -2.12. The summed E-state index contributed by atoms with van der Waals surface area (Å²) in [5.74, 6) is 0. The third-order valence-electron chi connectivity index (χ3n) is 3.86. The molecule has 0 spiro atoms. The Kier molecular flexibility index (Phi) is 6.30. The van der Waals surface area contributed by atoms with Crippen molar-refractivity contribution in [3.8, 4) is 10.4 Å². The van der Waals surface area contributed by atoms with Gasteiger partial charge in [-0.3, -0.25) is 9.78 Å². The molecule has 0 atom stereocenters. The van der Waals surface area contributed by atoms with Crippen LogP contribution in [0.4, 0.5) is 5.13 Å². The van der Waals surface area contributed by atoms with Gasteiger partial charge in [0.15, 0.2) is 5.13 Å². The molecular formula is C20H21N5OS. The molecule has 0 amide bonds. The Hall–Kier alpha value is -3.03. The van der Waals surface area contributed by atoms with Crippen LogP contribution >= 0.6 is 11.3 Å². The van der Waals surface area contributed by atoms with Crippen molar-refractivity contribution in [3.05, 3.63) is 77.6 Å². The first kappa shape index (κ1) is 18.8. The number of hydrogen-bond donors (Lipinski definition) is 2.